The van der Waals surface area contributed by atoms with E-state index in [0.717, 1.165) is 5.56 Å². The number of aromatic hydroxyl groups is 1. The minimum Gasteiger partial charge on any atom is -0.505 e. The lowest BCUT2D eigenvalue weighted by Crippen LogP contribution is -2.18. The van der Waals surface area contributed by atoms with Crippen molar-refractivity contribution in [3.8, 4) is 5.75 Å². The topological polar surface area (TPSA) is 94.8 Å². The number of hydrogen-bond acceptors (Lipinski definition) is 5. The molecule has 0 aliphatic carbocycles. The minimum absolute atomic E-state index is 0.0566. The predicted octanol–water partition coefficient (Wildman–Crippen LogP) is 1.67. The second kappa shape index (κ2) is 8.05. The summed E-state index contributed by atoms with van der Waals surface area (Å²) in [6, 6.07) is 9.70. The van der Waals surface area contributed by atoms with Gasteiger partial charge in [-0.15, -0.1) is 0 Å². The van der Waals surface area contributed by atoms with E-state index in [1.54, 1.807) is 6.92 Å². The van der Waals surface area contributed by atoms with Gasteiger partial charge in [0.05, 0.1) is 18.5 Å². The smallest absolute Gasteiger partial charge is 0.240 e. The van der Waals surface area contributed by atoms with Gasteiger partial charge in [-0.05, 0) is 18.9 Å². The van der Waals surface area contributed by atoms with Crippen LogP contribution < -0.4 is 5.43 Å². The highest BCUT2D eigenvalue weighted by atomic mass is 16.3. The zero-order chi connectivity index (χ0) is 16.7. The predicted molar refractivity (Wildman–Crippen MR) is 87.1 cm³/mol. The summed E-state index contributed by atoms with van der Waals surface area (Å²) in [7, 11) is 0. The summed E-state index contributed by atoms with van der Waals surface area (Å²) in [4.78, 5) is 15.7. The van der Waals surface area contributed by atoms with Crippen LogP contribution in [0.2, 0.25) is 0 Å². The Morgan fingerprint density at radius 1 is 1.35 bits per heavy atom. The van der Waals surface area contributed by atoms with Crippen LogP contribution in [0.25, 0.3) is 0 Å². The van der Waals surface area contributed by atoms with Crippen LogP contribution in [0.3, 0.4) is 0 Å². The quantitative estimate of drug-likeness (QED) is 0.558. The normalized spacial score (nSPS) is 10.9. The Kier molecular flexibility index (Phi) is 5.82. The molecule has 6 heteroatoms. The van der Waals surface area contributed by atoms with E-state index in [-0.39, 0.29) is 18.3 Å². The summed E-state index contributed by atoms with van der Waals surface area (Å²) < 4.78 is 0. The number of aromatic nitrogens is 1. The van der Waals surface area contributed by atoms with E-state index in [1.807, 2.05) is 30.3 Å². The third-order valence-corrected chi connectivity index (χ3v) is 3.39. The number of hydrazone groups is 1. The third-order valence-electron chi connectivity index (χ3n) is 3.39. The molecule has 0 aliphatic heterocycles. The van der Waals surface area contributed by atoms with Gasteiger partial charge in [0.2, 0.25) is 5.91 Å². The maximum Gasteiger partial charge on any atom is 0.240 e. The van der Waals surface area contributed by atoms with Gasteiger partial charge in [0.25, 0.3) is 0 Å². The van der Waals surface area contributed by atoms with Crippen LogP contribution >= 0.6 is 0 Å². The summed E-state index contributed by atoms with van der Waals surface area (Å²) in [5, 5.41) is 23.0. The second-order valence-corrected chi connectivity index (χ2v) is 5.07. The van der Waals surface area contributed by atoms with Gasteiger partial charge >= 0.3 is 0 Å². The average molecular weight is 313 g/mol. The van der Waals surface area contributed by atoms with Crippen LogP contribution in [0.1, 0.15) is 28.8 Å². The molecule has 23 heavy (non-hydrogen) atoms. The fraction of sp³-hybridized carbons (Fsp3) is 0.235. The average Bonchev–Trinajstić information content (AvgIpc) is 2.58. The molecular weight excluding hydrogens is 294 g/mol. The van der Waals surface area contributed by atoms with Crippen molar-refractivity contribution in [3.63, 3.8) is 0 Å². The van der Waals surface area contributed by atoms with Gasteiger partial charge in [0.15, 0.2) is 0 Å². The van der Waals surface area contributed by atoms with Gasteiger partial charge in [-0.3, -0.25) is 9.78 Å². The van der Waals surface area contributed by atoms with Crippen molar-refractivity contribution in [2.75, 3.05) is 0 Å². The van der Waals surface area contributed by atoms with Gasteiger partial charge < -0.3 is 10.2 Å². The number of carbonyl (C=O) groups excluding carboxylic acids is 1. The zero-order valence-electron chi connectivity index (χ0n) is 12.9. The van der Waals surface area contributed by atoms with E-state index in [4.69, 9.17) is 0 Å². The van der Waals surface area contributed by atoms with Crippen LogP contribution in [-0.2, 0) is 17.8 Å². The minimum atomic E-state index is -0.274. The number of aliphatic hydroxyl groups is 1. The first-order chi connectivity index (χ1) is 11.1. The molecular formula is C17H19N3O3. The Morgan fingerprint density at radius 2 is 2.09 bits per heavy atom. The summed E-state index contributed by atoms with van der Waals surface area (Å²) in [5.74, 6) is -0.278. The number of hydrogen-bond donors (Lipinski definition) is 3. The Labute approximate surface area is 134 Å². The molecule has 2 aromatic rings. The summed E-state index contributed by atoms with van der Waals surface area (Å²) in [6.07, 6.45) is 3.73. The number of rotatable bonds is 6. The molecule has 0 aliphatic rings. The number of nitrogens with zero attached hydrogens (tertiary/aromatic N) is 2. The highest BCUT2D eigenvalue weighted by Crippen LogP contribution is 2.21. The number of aliphatic hydroxyl groups excluding tert-OH is 1. The first kappa shape index (κ1) is 16.6. The van der Waals surface area contributed by atoms with Gasteiger partial charge in [0.1, 0.15) is 5.75 Å². The number of nitrogens with one attached hydrogen (secondary N) is 1. The molecule has 0 saturated carbocycles. The molecule has 3 N–H and O–H groups in total. The number of benzene rings is 1. The largest absolute Gasteiger partial charge is 0.505 e. The maximum atomic E-state index is 11.8. The summed E-state index contributed by atoms with van der Waals surface area (Å²) >= 11 is 0. The Bertz CT molecular complexity index is 700. The Morgan fingerprint density at radius 3 is 2.78 bits per heavy atom. The van der Waals surface area contributed by atoms with E-state index in [1.165, 1.54) is 12.4 Å². The van der Waals surface area contributed by atoms with Crippen LogP contribution in [-0.4, -0.2) is 27.3 Å². The molecule has 0 fully saturated rings. The molecule has 0 spiro atoms. The van der Waals surface area contributed by atoms with Crippen molar-refractivity contribution in [1.29, 1.82) is 0 Å². The zero-order valence-corrected chi connectivity index (χ0v) is 12.9. The van der Waals surface area contributed by atoms with Gasteiger partial charge in [-0.2, -0.15) is 5.10 Å². The van der Waals surface area contributed by atoms with Gasteiger partial charge in [-0.25, -0.2) is 5.43 Å². The molecule has 0 radical (unpaired) electrons. The fourth-order valence-electron chi connectivity index (χ4n) is 2.05. The molecule has 120 valence electrons. The van der Waals surface area contributed by atoms with Crippen LogP contribution in [0.4, 0.5) is 0 Å². The molecule has 1 heterocycles. The van der Waals surface area contributed by atoms with E-state index in [9.17, 15) is 15.0 Å². The van der Waals surface area contributed by atoms with Crippen molar-refractivity contribution in [1.82, 2.24) is 10.4 Å². The highest BCUT2D eigenvalue weighted by molar-refractivity contribution is 5.87. The van der Waals surface area contributed by atoms with E-state index in [2.05, 4.69) is 15.5 Å². The molecule has 0 saturated heterocycles. The van der Waals surface area contributed by atoms with Crippen LogP contribution in [0.15, 0.2) is 41.6 Å². The number of aryl methyl sites for hydroxylation is 2. The molecule has 1 amide bonds. The number of carbonyl (C=O) groups is 1. The fourth-order valence-corrected chi connectivity index (χ4v) is 2.05. The Balaban J connectivity index is 1.94. The Hall–Kier alpha value is -2.73. The highest BCUT2D eigenvalue weighted by Gasteiger charge is 2.09. The first-order valence-electron chi connectivity index (χ1n) is 7.26. The second-order valence-electron chi connectivity index (χ2n) is 5.07. The molecule has 0 unspecified atom stereocenters. The molecule has 1 aromatic heterocycles. The lowest BCUT2D eigenvalue weighted by Gasteiger charge is -2.07. The van der Waals surface area contributed by atoms with E-state index in [0.29, 0.717) is 29.7 Å². The van der Waals surface area contributed by atoms with Crippen molar-refractivity contribution >= 4 is 12.1 Å². The van der Waals surface area contributed by atoms with Crippen LogP contribution in [0.5, 0.6) is 5.75 Å². The lowest BCUT2D eigenvalue weighted by atomic mass is 10.1. The van der Waals surface area contributed by atoms with E-state index >= 15 is 0 Å². The third kappa shape index (κ3) is 4.62. The van der Waals surface area contributed by atoms with Gasteiger partial charge in [-0.1, -0.05) is 30.3 Å². The van der Waals surface area contributed by atoms with Crippen LogP contribution in [0, 0.1) is 6.92 Å². The monoisotopic (exact) mass is 313 g/mol. The van der Waals surface area contributed by atoms with Gasteiger partial charge in [0, 0.05) is 23.7 Å². The number of amides is 1. The standard InChI is InChI=1S/C17H19N3O3/c1-12-17(23)15(14(11-21)9-18-12)10-19-20-16(22)8-7-13-5-3-2-4-6-13/h2-6,9-10,21,23H,7-8,11H2,1H3,(H,20,22). The molecule has 0 bridgehead atoms. The summed E-state index contributed by atoms with van der Waals surface area (Å²) in [5.41, 5.74) is 4.72. The lowest BCUT2D eigenvalue weighted by molar-refractivity contribution is -0.121. The van der Waals surface area contributed by atoms with Crippen molar-refractivity contribution in [2.24, 2.45) is 5.10 Å². The SMILES string of the molecule is Cc1ncc(CO)c(C=NNC(=O)CCc2ccccc2)c1O. The molecule has 6 nitrogen and oxygen atoms in total. The summed E-state index contributed by atoms with van der Waals surface area (Å²) in [6.45, 7) is 1.37. The molecule has 1 aromatic carbocycles. The molecule has 2 rings (SSSR count). The molecule has 0 atom stereocenters. The van der Waals surface area contributed by atoms with Crippen molar-refractivity contribution in [3.05, 3.63) is 58.9 Å². The van der Waals surface area contributed by atoms with Crippen molar-refractivity contribution in [2.45, 2.75) is 26.4 Å². The maximum absolute atomic E-state index is 11.8. The number of pyridine rings is 1. The van der Waals surface area contributed by atoms with E-state index < -0.39 is 0 Å². The first-order valence-corrected chi connectivity index (χ1v) is 7.26. The van der Waals surface area contributed by atoms with Crippen molar-refractivity contribution < 1.29 is 15.0 Å².